The molecule has 1 saturated heterocycles. The van der Waals surface area contributed by atoms with E-state index in [2.05, 4.69) is 17.1 Å². The van der Waals surface area contributed by atoms with Crippen molar-refractivity contribution in [2.45, 2.75) is 19.8 Å². The molecule has 7 heteroatoms. The van der Waals surface area contributed by atoms with E-state index in [1.165, 1.54) is 0 Å². The number of carbonyl (C=O) groups excluding carboxylic acids is 1. The predicted octanol–water partition coefficient (Wildman–Crippen LogP) is 2.26. The summed E-state index contributed by atoms with van der Waals surface area (Å²) in [7, 11) is 0. The number of benzene rings is 1. The van der Waals surface area contributed by atoms with Crippen LogP contribution in [0, 0.1) is 39.9 Å². The molecule has 0 radical (unpaired) electrons. The maximum absolute atomic E-state index is 11.5. The summed E-state index contributed by atoms with van der Waals surface area (Å²) in [5, 5.41) is 30.1. The fraction of sp³-hybridized carbons (Fsp3) is 0.333. The van der Waals surface area contributed by atoms with Crippen LogP contribution in [0.2, 0.25) is 0 Å². The van der Waals surface area contributed by atoms with Crippen LogP contribution >= 0.6 is 0 Å². The van der Waals surface area contributed by atoms with Gasteiger partial charge in [0.2, 0.25) is 5.91 Å². The van der Waals surface area contributed by atoms with Gasteiger partial charge in [0, 0.05) is 18.7 Å². The van der Waals surface area contributed by atoms with Crippen LogP contribution in [0.25, 0.3) is 0 Å². The summed E-state index contributed by atoms with van der Waals surface area (Å²) in [6.07, 6.45) is 2.19. The van der Waals surface area contributed by atoms with Gasteiger partial charge in [-0.25, -0.2) is 0 Å². The topological polar surface area (TPSA) is 130 Å². The standard InChI is InChI=1S/C18H18N6O/c1-12-3-2-6-24(11-12)17-5-4-13(18(22)25)7-15(17)23-16(10-21)14(8-19)9-20/h4-5,7,12,23H,2-3,6,11H2,1H3,(H2,22,25). The predicted molar refractivity (Wildman–Crippen MR) is 93.1 cm³/mol. The third-order valence-corrected chi connectivity index (χ3v) is 4.12. The van der Waals surface area contributed by atoms with Gasteiger partial charge >= 0.3 is 0 Å². The summed E-state index contributed by atoms with van der Waals surface area (Å²) in [4.78, 5) is 13.7. The van der Waals surface area contributed by atoms with E-state index >= 15 is 0 Å². The molecule has 7 nitrogen and oxygen atoms in total. The molecule has 0 aliphatic carbocycles. The fourth-order valence-electron chi connectivity index (χ4n) is 2.89. The van der Waals surface area contributed by atoms with E-state index in [1.54, 1.807) is 30.3 Å². The quantitative estimate of drug-likeness (QED) is 0.812. The molecule has 1 unspecified atom stereocenters. The minimum absolute atomic E-state index is 0.155. The van der Waals surface area contributed by atoms with Gasteiger partial charge in [-0.15, -0.1) is 0 Å². The minimum atomic E-state index is -0.593. The van der Waals surface area contributed by atoms with E-state index in [1.807, 2.05) is 6.07 Å². The van der Waals surface area contributed by atoms with Crippen molar-refractivity contribution in [1.82, 2.24) is 0 Å². The fourth-order valence-corrected chi connectivity index (χ4v) is 2.89. The van der Waals surface area contributed by atoms with Crippen molar-refractivity contribution in [3.63, 3.8) is 0 Å². The SMILES string of the molecule is CC1CCCN(c2ccc(C(N)=O)cc2NC(C#N)=C(C#N)C#N)C1. The van der Waals surface area contributed by atoms with Crippen LogP contribution in [-0.4, -0.2) is 19.0 Å². The zero-order valence-electron chi connectivity index (χ0n) is 13.9. The van der Waals surface area contributed by atoms with E-state index in [4.69, 9.17) is 16.3 Å². The van der Waals surface area contributed by atoms with Gasteiger partial charge < -0.3 is 16.0 Å². The number of hydrogen-bond donors (Lipinski definition) is 2. The Morgan fingerprint density at radius 1 is 1.28 bits per heavy atom. The highest BCUT2D eigenvalue weighted by Gasteiger charge is 2.21. The van der Waals surface area contributed by atoms with Gasteiger partial charge in [-0.2, -0.15) is 15.8 Å². The van der Waals surface area contributed by atoms with E-state index in [-0.39, 0.29) is 16.8 Å². The lowest BCUT2D eigenvalue weighted by Crippen LogP contribution is -2.34. The van der Waals surface area contributed by atoms with Gasteiger partial charge in [0.25, 0.3) is 0 Å². The summed E-state index contributed by atoms with van der Waals surface area (Å²) in [5.41, 5.74) is 6.44. The maximum Gasteiger partial charge on any atom is 0.248 e. The second-order valence-electron chi connectivity index (χ2n) is 6.00. The summed E-state index contributed by atoms with van der Waals surface area (Å²) < 4.78 is 0. The average molecular weight is 334 g/mol. The van der Waals surface area contributed by atoms with Crippen molar-refractivity contribution >= 4 is 17.3 Å². The Morgan fingerprint density at radius 2 is 2.00 bits per heavy atom. The Balaban J connectivity index is 2.50. The molecule has 0 spiro atoms. The van der Waals surface area contributed by atoms with Gasteiger partial charge in [0.05, 0.1) is 11.4 Å². The number of nitrogens with zero attached hydrogens (tertiary/aromatic N) is 4. The smallest absolute Gasteiger partial charge is 0.248 e. The number of primary amides is 1. The number of hydrogen-bond acceptors (Lipinski definition) is 6. The Hall–Kier alpha value is -3.50. The first kappa shape index (κ1) is 17.8. The van der Waals surface area contributed by atoms with Gasteiger partial charge in [-0.3, -0.25) is 4.79 Å². The second-order valence-corrected chi connectivity index (χ2v) is 6.00. The average Bonchev–Trinajstić information content (AvgIpc) is 2.61. The third-order valence-electron chi connectivity index (χ3n) is 4.12. The van der Waals surface area contributed by atoms with Gasteiger partial charge in [0.15, 0.2) is 5.57 Å². The van der Waals surface area contributed by atoms with Gasteiger partial charge in [-0.05, 0) is 37.0 Å². The molecular weight excluding hydrogens is 316 g/mol. The van der Waals surface area contributed by atoms with Crippen LogP contribution in [-0.2, 0) is 0 Å². The van der Waals surface area contributed by atoms with Crippen molar-refractivity contribution in [1.29, 1.82) is 15.8 Å². The van der Waals surface area contributed by atoms with Crippen molar-refractivity contribution in [3.05, 3.63) is 35.0 Å². The summed E-state index contributed by atoms with van der Waals surface area (Å²) >= 11 is 0. The summed E-state index contributed by atoms with van der Waals surface area (Å²) in [6.45, 7) is 3.87. The zero-order chi connectivity index (χ0) is 18.4. The molecule has 1 aromatic carbocycles. The third kappa shape index (κ3) is 4.07. The van der Waals surface area contributed by atoms with E-state index < -0.39 is 5.91 Å². The number of nitrogens with one attached hydrogen (secondary N) is 1. The molecule has 1 fully saturated rings. The lowest BCUT2D eigenvalue weighted by Gasteiger charge is -2.34. The first-order chi connectivity index (χ1) is 12.0. The highest BCUT2D eigenvalue weighted by molar-refractivity contribution is 5.95. The molecule has 1 aliphatic heterocycles. The minimum Gasteiger partial charge on any atom is -0.370 e. The first-order valence-corrected chi connectivity index (χ1v) is 7.90. The molecule has 1 heterocycles. The molecule has 0 saturated carbocycles. The van der Waals surface area contributed by atoms with Crippen LogP contribution in [0.5, 0.6) is 0 Å². The van der Waals surface area contributed by atoms with Gasteiger partial charge in [-0.1, -0.05) is 6.92 Å². The number of nitriles is 3. The molecular formula is C18H18N6O. The lowest BCUT2D eigenvalue weighted by atomic mass is 9.99. The van der Waals surface area contributed by atoms with Crippen molar-refractivity contribution < 1.29 is 4.79 Å². The van der Waals surface area contributed by atoms with E-state index in [0.29, 0.717) is 11.6 Å². The number of nitrogens with two attached hydrogens (primary N) is 1. The first-order valence-electron chi connectivity index (χ1n) is 7.90. The Bertz CT molecular complexity index is 821. The monoisotopic (exact) mass is 334 g/mol. The lowest BCUT2D eigenvalue weighted by molar-refractivity contribution is 0.100. The molecule has 1 aliphatic rings. The van der Waals surface area contributed by atoms with Crippen LogP contribution in [0.1, 0.15) is 30.1 Å². The summed E-state index contributed by atoms with van der Waals surface area (Å²) in [6, 6.07) is 10.2. The van der Waals surface area contributed by atoms with Crippen molar-refractivity contribution in [3.8, 4) is 18.2 Å². The number of piperidine rings is 1. The van der Waals surface area contributed by atoms with Crippen LogP contribution in [0.15, 0.2) is 29.5 Å². The molecule has 3 N–H and O–H groups in total. The van der Waals surface area contributed by atoms with Crippen LogP contribution < -0.4 is 16.0 Å². The molecule has 0 aromatic heterocycles. The van der Waals surface area contributed by atoms with Crippen LogP contribution in [0.4, 0.5) is 11.4 Å². The second kappa shape index (κ2) is 7.86. The van der Waals surface area contributed by atoms with Crippen LogP contribution in [0.3, 0.4) is 0 Å². The highest BCUT2D eigenvalue weighted by atomic mass is 16.1. The van der Waals surface area contributed by atoms with E-state index in [9.17, 15) is 10.1 Å². The molecule has 2 rings (SSSR count). The van der Waals surface area contributed by atoms with Crippen molar-refractivity contribution in [2.24, 2.45) is 11.7 Å². The Morgan fingerprint density at radius 3 is 2.56 bits per heavy atom. The number of carbonyl (C=O) groups is 1. The molecule has 1 atom stereocenters. The number of amides is 1. The largest absolute Gasteiger partial charge is 0.370 e. The molecule has 126 valence electrons. The molecule has 1 amide bonds. The normalized spacial score (nSPS) is 16.1. The van der Waals surface area contributed by atoms with E-state index in [0.717, 1.165) is 31.6 Å². The number of rotatable bonds is 4. The summed E-state index contributed by atoms with van der Waals surface area (Å²) in [5.74, 6) is -0.0675. The maximum atomic E-state index is 11.5. The Labute approximate surface area is 146 Å². The highest BCUT2D eigenvalue weighted by Crippen LogP contribution is 2.32. The Kier molecular flexibility index (Phi) is 5.61. The molecule has 25 heavy (non-hydrogen) atoms. The zero-order valence-corrected chi connectivity index (χ0v) is 13.9. The number of allylic oxidation sites excluding steroid dienone is 2. The van der Waals surface area contributed by atoms with Gasteiger partial charge in [0.1, 0.15) is 23.9 Å². The molecule has 1 aromatic rings. The number of anilines is 2. The van der Waals surface area contributed by atoms with Crippen molar-refractivity contribution in [2.75, 3.05) is 23.3 Å². The molecule has 0 bridgehead atoms.